The normalized spacial score (nSPS) is 17.1. The lowest BCUT2D eigenvalue weighted by atomic mass is 10.1. The van der Waals surface area contributed by atoms with E-state index < -0.39 is 32.5 Å². The highest BCUT2D eigenvalue weighted by Crippen LogP contribution is 2.31. The van der Waals surface area contributed by atoms with E-state index in [4.69, 9.17) is 11.6 Å². The van der Waals surface area contributed by atoms with Crippen molar-refractivity contribution in [2.24, 2.45) is 0 Å². The van der Waals surface area contributed by atoms with Crippen LogP contribution in [0.25, 0.3) is 0 Å². The number of carbonyl (C=O) groups excluding carboxylic acids is 2. The molecule has 1 N–H and O–H groups in total. The van der Waals surface area contributed by atoms with Gasteiger partial charge in [0.1, 0.15) is 11.3 Å². The van der Waals surface area contributed by atoms with Crippen molar-refractivity contribution in [2.75, 3.05) is 13.1 Å². The minimum Gasteiger partial charge on any atom is -0.348 e. The number of carbonyl (C=O) groups is 2. The molecule has 1 unspecified atom stereocenters. The monoisotopic (exact) mass is 477 g/mol. The summed E-state index contributed by atoms with van der Waals surface area (Å²) in [5, 5.41) is 2.35. The van der Waals surface area contributed by atoms with Gasteiger partial charge in [-0.1, -0.05) is 23.7 Å². The van der Waals surface area contributed by atoms with Gasteiger partial charge in [-0.25, -0.2) is 8.42 Å². The molecule has 1 fully saturated rings. The highest BCUT2D eigenvalue weighted by molar-refractivity contribution is 7.92. The van der Waals surface area contributed by atoms with E-state index in [0.717, 1.165) is 5.56 Å². The Bertz CT molecular complexity index is 1220. The van der Waals surface area contributed by atoms with Crippen LogP contribution in [0.5, 0.6) is 0 Å². The number of amides is 2. The summed E-state index contributed by atoms with van der Waals surface area (Å²) in [6.45, 7) is 2.36. The zero-order valence-corrected chi connectivity index (χ0v) is 19.2. The second kappa shape index (κ2) is 8.71. The number of fused-ring (bicyclic) bond motifs is 1. The zero-order chi connectivity index (χ0) is 23.0. The van der Waals surface area contributed by atoms with Crippen LogP contribution >= 0.6 is 11.6 Å². The van der Waals surface area contributed by atoms with E-state index in [0.29, 0.717) is 17.9 Å². The van der Waals surface area contributed by atoms with E-state index in [1.807, 2.05) is 0 Å². The molecule has 2 amide bonds. The molecular formula is C22H24ClN3O5S. The predicted molar refractivity (Wildman–Crippen MR) is 121 cm³/mol. The Balaban J connectivity index is 1.46. The van der Waals surface area contributed by atoms with Gasteiger partial charge in [0.2, 0.25) is 0 Å². The van der Waals surface area contributed by atoms with E-state index in [-0.39, 0.29) is 42.7 Å². The molecule has 0 radical (unpaired) electrons. The van der Waals surface area contributed by atoms with Crippen molar-refractivity contribution in [3.63, 3.8) is 0 Å². The third kappa shape index (κ3) is 4.45. The number of halogens is 1. The molecule has 10 heteroatoms. The Hall–Kier alpha value is -2.65. The van der Waals surface area contributed by atoms with Crippen molar-refractivity contribution >= 4 is 33.3 Å². The molecule has 1 aliphatic carbocycles. The fraction of sp³-hybridized carbons (Fsp3) is 0.409. The molecule has 0 spiro atoms. The summed E-state index contributed by atoms with van der Waals surface area (Å²) >= 11 is 5.85. The van der Waals surface area contributed by atoms with Crippen LogP contribution in [0.15, 0.2) is 41.2 Å². The molecule has 1 aliphatic heterocycles. The van der Waals surface area contributed by atoms with Gasteiger partial charge in [-0.2, -0.15) is 0 Å². The number of nitrogens with zero attached hydrogens (tertiary/aromatic N) is 2. The van der Waals surface area contributed by atoms with Crippen molar-refractivity contribution in [1.29, 1.82) is 0 Å². The summed E-state index contributed by atoms with van der Waals surface area (Å²) in [6, 6.07) is 9.78. The van der Waals surface area contributed by atoms with Gasteiger partial charge in [0.25, 0.3) is 17.4 Å². The van der Waals surface area contributed by atoms with Crippen LogP contribution in [0.2, 0.25) is 5.02 Å². The molecule has 1 aromatic carbocycles. The summed E-state index contributed by atoms with van der Waals surface area (Å²) in [7, 11) is -3.25. The molecular weight excluding hydrogens is 454 g/mol. The number of hydrogen-bond donors (Lipinski definition) is 1. The molecule has 0 bridgehead atoms. The van der Waals surface area contributed by atoms with Crippen molar-refractivity contribution in [2.45, 2.75) is 43.4 Å². The number of nitrogens with one attached hydrogen (secondary N) is 1. The van der Waals surface area contributed by atoms with Gasteiger partial charge < -0.3 is 14.8 Å². The molecule has 0 saturated heterocycles. The SMILES string of the molecule is CC(CN1CCn2c(ccc(C(=O)NCc3ccc(Cl)cc3)c2=O)C1=O)S(=O)(=O)C1CC1. The first-order valence-electron chi connectivity index (χ1n) is 10.5. The van der Waals surface area contributed by atoms with E-state index in [2.05, 4.69) is 5.32 Å². The molecule has 1 aromatic heterocycles. The maximum absolute atomic E-state index is 12.9. The molecule has 170 valence electrons. The number of rotatable bonds is 7. The quantitative estimate of drug-likeness (QED) is 0.655. The summed E-state index contributed by atoms with van der Waals surface area (Å²) in [5.41, 5.74) is 0.407. The molecule has 2 aliphatic rings. The predicted octanol–water partition coefficient (Wildman–Crippen LogP) is 1.85. The van der Waals surface area contributed by atoms with Crippen molar-refractivity contribution < 1.29 is 18.0 Å². The standard InChI is InChI=1S/C22H24ClN3O5S/c1-14(32(30,31)17-6-7-17)13-25-10-11-26-19(22(25)29)9-8-18(21(26)28)20(27)24-12-15-2-4-16(23)5-3-15/h2-5,8-9,14,17H,6-7,10-13H2,1H3,(H,24,27). The maximum atomic E-state index is 12.9. The molecule has 4 rings (SSSR count). The Morgan fingerprint density at radius 3 is 2.47 bits per heavy atom. The number of hydrogen-bond acceptors (Lipinski definition) is 5. The first kappa shape index (κ1) is 22.5. The smallest absolute Gasteiger partial charge is 0.270 e. The molecule has 2 aromatic rings. The van der Waals surface area contributed by atoms with Gasteiger partial charge in [-0.15, -0.1) is 0 Å². The summed E-state index contributed by atoms with van der Waals surface area (Å²) < 4.78 is 26.1. The van der Waals surface area contributed by atoms with E-state index in [1.165, 1.54) is 21.6 Å². The number of aromatic nitrogens is 1. The van der Waals surface area contributed by atoms with Crippen LogP contribution in [-0.4, -0.2) is 53.3 Å². The highest BCUT2D eigenvalue weighted by Gasteiger charge is 2.40. The van der Waals surface area contributed by atoms with E-state index in [1.54, 1.807) is 31.2 Å². The van der Waals surface area contributed by atoms with Gasteiger partial charge in [0.05, 0.1) is 10.5 Å². The molecule has 8 nitrogen and oxygen atoms in total. The van der Waals surface area contributed by atoms with Gasteiger partial charge in [-0.05, 0) is 49.6 Å². The van der Waals surface area contributed by atoms with Crippen LogP contribution in [-0.2, 0) is 22.9 Å². The van der Waals surface area contributed by atoms with Crippen LogP contribution in [0.4, 0.5) is 0 Å². The lowest BCUT2D eigenvalue weighted by Crippen LogP contribution is -2.49. The molecule has 2 heterocycles. The third-order valence-corrected chi connectivity index (χ3v) is 8.84. The van der Waals surface area contributed by atoms with Crippen LogP contribution < -0.4 is 10.9 Å². The minimum atomic E-state index is -3.25. The Morgan fingerprint density at radius 2 is 1.81 bits per heavy atom. The summed E-state index contributed by atoms with van der Waals surface area (Å²) in [5.74, 6) is -0.932. The largest absolute Gasteiger partial charge is 0.348 e. The summed E-state index contributed by atoms with van der Waals surface area (Å²) in [4.78, 5) is 39.8. The second-order valence-electron chi connectivity index (χ2n) is 8.25. The van der Waals surface area contributed by atoms with Gasteiger partial charge in [-0.3, -0.25) is 14.4 Å². The van der Waals surface area contributed by atoms with Crippen molar-refractivity contribution in [3.8, 4) is 0 Å². The fourth-order valence-electron chi connectivity index (χ4n) is 3.84. The number of benzene rings is 1. The zero-order valence-electron chi connectivity index (χ0n) is 17.6. The lowest BCUT2D eigenvalue weighted by molar-refractivity contribution is 0.0700. The molecule has 1 atom stereocenters. The van der Waals surface area contributed by atoms with Crippen LogP contribution in [0.1, 0.15) is 46.2 Å². The van der Waals surface area contributed by atoms with Gasteiger partial charge in [0, 0.05) is 31.2 Å². The van der Waals surface area contributed by atoms with E-state index >= 15 is 0 Å². The van der Waals surface area contributed by atoms with Gasteiger partial charge in [0.15, 0.2) is 9.84 Å². The molecule has 32 heavy (non-hydrogen) atoms. The average Bonchev–Trinajstić information content (AvgIpc) is 3.61. The van der Waals surface area contributed by atoms with Crippen LogP contribution in [0, 0.1) is 0 Å². The average molecular weight is 478 g/mol. The van der Waals surface area contributed by atoms with Crippen molar-refractivity contribution in [1.82, 2.24) is 14.8 Å². The van der Waals surface area contributed by atoms with Crippen LogP contribution in [0.3, 0.4) is 0 Å². The Kier molecular flexibility index (Phi) is 6.13. The first-order chi connectivity index (χ1) is 15.2. The summed E-state index contributed by atoms with van der Waals surface area (Å²) in [6.07, 6.45) is 1.36. The van der Waals surface area contributed by atoms with Gasteiger partial charge >= 0.3 is 0 Å². The Labute approximate surface area is 191 Å². The molecule has 1 saturated carbocycles. The number of sulfone groups is 1. The fourth-order valence-corrected chi connectivity index (χ4v) is 5.80. The van der Waals surface area contributed by atoms with Crippen molar-refractivity contribution in [3.05, 3.63) is 68.6 Å². The maximum Gasteiger partial charge on any atom is 0.270 e. The number of pyridine rings is 1. The Morgan fingerprint density at radius 1 is 1.12 bits per heavy atom. The van der Waals surface area contributed by atoms with E-state index in [9.17, 15) is 22.8 Å². The first-order valence-corrected chi connectivity index (χ1v) is 12.5. The third-order valence-electron chi connectivity index (χ3n) is 5.91. The topological polar surface area (TPSA) is 106 Å². The lowest BCUT2D eigenvalue weighted by Gasteiger charge is -2.31. The second-order valence-corrected chi connectivity index (χ2v) is 11.3. The minimum absolute atomic E-state index is 0.0476. The highest BCUT2D eigenvalue weighted by atomic mass is 35.5.